The van der Waals surface area contributed by atoms with Gasteiger partial charge in [-0.25, -0.2) is 4.98 Å². The molecule has 8 heteroatoms. The molecule has 0 saturated carbocycles. The second-order valence-corrected chi connectivity index (χ2v) is 5.64. The van der Waals surface area contributed by atoms with Gasteiger partial charge in [0.25, 0.3) is 5.91 Å². The van der Waals surface area contributed by atoms with Gasteiger partial charge in [0.15, 0.2) is 0 Å². The number of benzene rings is 1. The van der Waals surface area contributed by atoms with Crippen LogP contribution < -0.4 is 5.32 Å². The lowest BCUT2D eigenvalue weighted by molar-refractivity contribution is -0.141. The molecule has 0 spiro atoms. The minimum atomic E-state index is -0.936. The molecule has 8 nitrogen and oxygen atoms in total. The zero-order chi connectivity index (χ0) is 17.6. The third kappa shape index (κ3) is 4.51. The molecule has 0 radical (unpaired) electrons. The summed E-state index contributed by atoms with van der Waals surface area (Å²) in [5.41, 5.74) is 1.24. The molecule has 1 saturated heterocycles. The van der Waals surface area contributed by atoms with Gasteiger partial charge in [-0.05, 0) is 18.2 Å². The van der Waals surface area contributed by atoms with Crippen molar-refractivity contribution in [3.63, 3.8) is 0 Å². The molecule has 3 rings (SSSR count). The zero-order valence-corrected chi connectivity index (χ0v) is 13.5. The number of morpholine rings is 1. The van der Waals surface area contributed by atoms with Gasteiger partial charge in [0, 0.05) is 36.7 Å². The summed E-state index contributed by atoms with van der Waals surface area (Å²) in [5.74, 6) is -0.504. The standard InChI is InChI=1S/C17H18N4O4/c22-16(23)9-14-11-21(6-7-25-14)17(24)12-2-1-3-13(8-12)20-15-10-18-4-5-19-15/h1-5,8,10,14H,6-7,9,11H2,(H,19,20)(H,22,23)/t14-/m1/s1. The van der Waals surface area contributed by atoms with Crippen LogP contribution in [0.25, 0.3) is 0 Å². The van der Waals surface area contributed by atoms with E-state index < -0.39 is 12.1 Å². The van der Waals surface area contributed by atoms with Crippen LogP contribution in [-0.2, 0) is 9.53 Å². The van der Waals surface area contributed by atoms with Crippen molar-refractivity contribution in [1.82, 2.24) is 14.9 Å². The van der Waals surface area contributed by atoms with E-state index in [2.05, 4.69) is 15.3 Å². The Kier molecular flexibility index (Phi) is 5.20. The molecule has 130 valence electrons. The molecular weight excluding hydrogens is 324 g/mol. The van der Waals surface area contributed by atoms with E-state index in [0.717, 1.165) is 5.69 Å². The Morgan fingerprint density at radius 2 is 2.24 bits per heavy atom. The number of anilines is 2. The lowest BCUT2D eigenvalue weighted by Crippen LogP contribution is -2.46. The molecule has 1 aromatic carbocycles. The van der Waals surface area contributed by atoms with Crippen molar-refractivity contribution in [3.05, 3.63) is 48.4 Å². The number of carboxylic acid groups (broad SMARTS) is 1. The number of ether oxygens (including phenoxy) is 1. The van der Waals surface area contributed by atoms with Gasteiger partial charge in [0.1, 0.15) is 5.82 Å². The van der Waals surface area contributed by atoms with Crippen molar-refractivity contribution in [1.29, 1.82) is 0 Å². The third-order valence-electron chi connectivity index (χ3n) is 3.77. The van der Waals surface area contributed by atoms with Crippen LogP contribution in [-0.4, -0.2) is 57.7 Å². The van der Waals surface area contributed by atoms with Crippen LogP contribution >= 0.6 is 0 Å². The fraction of sp³-hybridized carbons (Fsp3) is 0.294. The number of carbonyl (C=O) groups is 2. The number of aromatic nitrogens is 2. The Hall–Kier alpha value is -3.00. The van der Waals surface area contributed by atoms with Crippen LogP contribution in [0.15, 0.2) is 42.9 Å². The molecular formula is C17H18N4O4. The smallest absolute Gasteiger partial charge is 0.306 e. The summed E-state index contributed by atoms with van der Waals surface area (Å²) in [7, 11) is 0. The first-order valence-electron chi connectivity index (χ1n) is 7.87. The normalized spacial score (nSPS) is 17.1. The second-order valence-electron chi connectivity index (χ2n) is 5.64. The Morgan fingerprint density at radius 3 is 3.00 bits per heavy atom. The predicted molar refractivity (Wildman–Crippen MR) is 89.7 cm³/mol. The Morgan fingerprint density at radius 1 is 1.36 bits per heavy atom. The highest BCUT2D eigenvalue weighted by Crippen LogP contribution is 2.18. The average Bonchev–Trinajstić information content (AvgIpc) is 2.62. The van der Waals surface area contributed by atoms with Gasteiger partial charge in [-0.3, -0.25) is 14.6 Å². The SMILES string of the molecule is O=C(O)C[C@@H]1CN(C(=O)c2cccc(Nc3cnccn3)c2)CCO1. The van der Waals surface area contributed by atoms with Crippen LogP contribution in [0.1, 0.15) is 16.8 Å². The molecule has 0 bridgehead atoms. The van der Waals surface area contributed by atoms with Gasteiger partial charge in [0.2, 0.25) is 0 Å². The van der Waals surface area contributed by atoms with Crippen molar-refractivity contribution in [2.45, 2.75) is 12.5 Å². The maximum absolute atomic E-state index is 12.7. The van der Waals surface area contributed by atoms with Gasteiger partial charge >= 0.3 is 5.97 Å². The number of hydrogen-bond donors (Lipinski definition) is 2. The van der Waals surface area contributed by atoms with Crippen LogP contribution in [0, 0.1) is 0 Å². The molecule has 1 aliphatic rings. The van der Waals surface area contributed by atoms with E-state index in [9.17, 15) is 9.59 Å². The number of nitrogens with one attached hydrogen (secondary N) is 1. The number of hydrogen-bond acceptors (Lipinski definition) is 6. The van der Waals surface area contributed by atoms with Gasteiger partial charge < -0.3 is 20.1 Å². The minimum absolute atomic E-state index is 0.113. The molecule has 1 amide bonds. The molecule has 1 fully saturated rings. The summed E-state index contributed by atoms with van der Waals surface area (Å²) < 4.78 is 5.41. The summed E-state index contributed by atoms with van der Waals surface area (Å²) in [4.78, 5) is 33.3. The number of carboxylic acids is 1. The van der Waals surface area contributed by atoms with Gasteiger partial charge in [-0.2, -0.15) is 0 Å². The lowest BCUT2D eigenvalue weighted by atomic mass is 10.1. The van der Waals surface area contributed by atoms with Crippen LogP contribution in [0.2, 0.25) is 0 Å². The zero-order valence-electron chi connectivity index (χ0n) is 13.5. The van der Waals surface area contributed by atoms with Crippen molar-refractivity contribution in [2.24, 2.45) is 0 Å². The second kappa shape index (κ2) is 7.71. The highest BCUT2D eigenvalue weighted by Gasteiger charge is 2.26. The molecule has 0 unspecified atom stereocenters. The van der Waals surface area contributed by atoms with Crippen LogP contribution in [0.3, 0.4) is 0 Å². The first kappa shape index (κ1) is 16.8. The molecule has 2 N–H and O–H groups in total. The molecule has 1 atom stereocenters. The number of amides is 1. The van der Waals surface area contributed by atoms with E-state index in [0.29, 0.717) is 24.5 Å². The third-order valence-corrected chi connectivity index (χ3v) is 3.77. The lowest BCUT2D eigenvalue weighted by Gasteiger charge is -2.32. The van der Waals surface area contributed by atoms with Crippen LogP contribution in [0.4, 0.5) is 11.5 Å². The summed E-state index contributed by atoms with van der Waals surface area (Å²) in [6, 6.07) is 7.07. The molecule has 2 aromatic rings. The number of carbonyl (C=O) groups excluding carboxylic acids is 1. The monoisotopic (exact) mass is 342 g/mol. The highest BCUT2D eigenvalue weighted by molar-refractivity contribution is 5.95. The van der Waals surface area contributed by atoms with Gasteiger partial charge in [-0.15, -0.1) is 0 Å². The molecule has 0 aliphatic carbocycles. The molecule has 1 aromatic heterocycles. The highest BCUT2D eigenvalue weighted by atomic mass is 16.5. The number of nitrogens with zero attached hydrogens (tertiary/aromatic N) is 3. The van der Waals surface area contributed by atoms with E-state index in [1.54, 1.807) is 41.7 Å². The van der Waals surface area contributed by atoms with E-state index in [-0.39, 0.29) is 18.9 Å². The fourth-order valence-electron chi connectivity index (χ4n) is 2.65. The Labute approximate surface area is 144 Å². The minimum Gasteiger partial charge on any atom is -0.481 e. The average molecular weight is 342 g/mol. The maximum atomic E-state index is 12.7. The molecule has 2 heterocycles. The Balaban J connectivity index is 1.69. The molecule has 25 heavy (non-hydrogen) atoms. The number of rotatable bonds is 5. The van der Waals surface area contributed by atoms with Crippen molar-refractivity contribution < 1.29 is 19.4 Å². The van der Waals surface area contributed by atoms with Crippen molar-refractivity contribution in [3.8, 4) is 0 Å². The van der Waals surface area contributed by atoms with Crippen molar-refractivity contribution >= 4 is 23.4 Å². The fourth-order valence-corrected chi connectivity index (χ4v) is 2.65. The van der Waals surface area contributed by atoms with E-state index in [1.165, 1.54) is 0 Å². The van der Waals surface area contributed by atoms with E-state index in [1.807, 2.05) is 6.07 Å². The van der Waals surface area contributed by atoms with E-state index in [4.69, 9.17) is 9.84 Å². The largest absolute Gasteiger partial charge is 0.481 e. The van der Waals surface area contributed by atoms with Gasteiger partial charge in [0.05, 0.1) is 25.3 Å². The first-order valence-corrected chi connectivity index (χ1v) is 7.87. The topological polar surface area (TPSA) is 105 Å². The predicted octanol–water partition coefficient (Wildman–Crippen LogP) is 1.54. The molecule has 1 aliphatic heterocycles. The maximum Gasteiger partial charge on any atom is 0.306 e. The first-order chi connectivity index (χ1) is 12.1. The van der Waals surface area contributed by atoms with E-state index >= 15 is 0 Å². The summed E-state index contributed by atoms with van der Waals surface area (Å²) in [6.45, 7) is 1.05. The van der Waals surface area contributed by atoms with Crippen molar-refractivity contribution in [2.75, 3.05) is 25.0 Å². The Bertz CT molecular complexity index is 753. The summed E-state index contributed by atoms with van der Waals surface area (Å²) >= 11 is 0. The summed E-state index contributed by atoms with van der Waals surface area (Å²) in [6.07, 6.45) is 4.16. The summed E-state index contributed by atoms with van der Waals surface area (Å²) in [5, 5.41) is 12.0. The van der Waals surface area contributed by atoms with Gasteiger partial charge in [-0.1, -0.05) is 6.07 Å². The quantitative estimate of drug-likeness (QED) is 0.849. The van der Waals surface area contributed by atoms with Crippen LogP contribution in [0.5, 0.6) is 0 Å². The number of aliphatic carboxylic acids is 1.